The minimum absolute atomic E-state index is 0.229. The lowest BCUT2D eigenvalue weighted by Crippen LogP contribution is -2.15. The fourth-order valence-corrected chi connectivity index (χ4v) is 3.95. The monoisotopic (exact) mass is 369 g/mol. The average molecular weight is 369 g/mol. The van der Waals surface area contributed by atoms with Gasteiger partial charge in [-0.25, -0.2) is 8.42 Å². The summed E-state index contributed by atoms with van der Waals surface area (Å²) < 4.78 is 28.0. The van der Waals surface area contributed by atoms with Crippen LogP contribution in [0.2, 0.25) is 0 Å². The van der Waals surface area contributed by atoms with Crippen LogP contribution in [0.15, 0.2) is 58.4 Å². The molecule has 0 atom stereocenters. The van der Waals surface area contributed by atoms with Crippen LogP contribution in [0.4, 0.5) is 11.4 Å². The Kier molecular flexibility index (Phi) is 4.87. The molecule has 6 heteroatoms. The van der Waals surface area contributed by atoms with Crippen molar-refractivity contribution in [1.29, 1.82) is 0 Å². The van der Waals surface area contributed by atoms with E-state index in [0.29, 0.717) is 5.69 Å². The van der Waals surface area contributed by atoms with Crippen LogP contribution < -0.4 is 9.62 Å². The van der Waals surface area contributed by atoms with Gasteiger partial charge in [0.1, 0.15) is 0 Å². The van der Waals surface area contributed by atoms with Gasteiger partial charge in [-0.3, -0.25) is 9.71 Å². The van der Waals surface area contributed by atoms with E-state index in [2.05, 4.69) is 9.71 Å². The van der Waals surface area contributed by atoms with Gasteiger partial charge in [0.2, 0.25) is 0 Å². The molecule has 0 amide bonds. The molecule has 0 aliphatic carbocycles. The molecule has 1 heterocycles. The summed E-state index contributed by atoms with van der Waals surface area (Å²) >= 11 is 0. The fraction of sp³-hybridized carbons (Fsp3) is 0.250. The first kappa shape index (κ1) is 18.2. The number of nitrogens with one attached hydrogen (secondary N) is 1. The Hall–Kier alpha value is -2.60. The van der Waals surface area contributed by atoms with E-state index in [0.717, 1.165) is 34.6 Å². The quantitative estimate of drug-likeness (QED) is 0.864. The highest BCUT2D eigenvalue weighted by Crippen LogP contribution is 2.26. The molecule has 0 saturated carbocycles. The lowest BCUT2D eigenvalue weighted by Gasteiger charge is -2.17. The molecule has 0 fully saturated rings. The average Bonchev–Trinajstić information content (AvgIpc) is 3.03. The molecule has 0 saturated heterocycles. The predicted octanol–water partition coefficient (Wildman–Crippen LogP) is 4.07. The number of anilines is 2. The van der Waals surface area contributed by atoms with Crippen molar-refractivity contribution in [3.8, 4) is 0 Å². The molecule has 1 aliphatic rings. The number of rotatable bonds is 5. The van der Waals surface area contributed by atoms with Crippen molar-refractivity contribution < 1.29 is 8.42 Å². The van der Waals surface area contributed by atoms with E-state index in [4.69, 9.17) is 0 Å². The van der Waals surface area contributed by atoms with Crippen LogP contribution in [-0.2, 0) is 10.0 Å². The van der Waals surface area contributed by atoms with Crippen LogP contribution in [0.3, 0.4) is 0 Å². The highest BCUT2D eigenvalue weighted by Gasteiger charge is 2.16. The Balaban J connectivity index is 1.84. The zero-order valence-electron chi connectivity index (χ0n) is 15.4. The molecule has 0 aromatic heterocycles. The van der Waals surface area contributed by atoms with Gasteiger partial charge in [-0.1, -0.05) is 24.3 Å². The van der Waals surface area contributed by atoms with E-state index in [-0.39, 0.29) is 4.90 Å². The lowest BCUT2D eigenvalue weighted by atomic mass is 10.1. The minimum atomic E-state index is -3.64. The van der Waals surface area contributed by atoms with Crippen molar-refractivity contribution in [2.24, 2.45) is 4.99 Å². The number of hydrogen-bond donors (Lipinski definition) is 1. The first-order valence-corrected chi connectivity index (χ1v) is 9.90. The van der Waals surface area contributed by atoms with E-state index >= 15 is 0 Å². The molecule has 0 radical (unpaired) electrons. The van der Waals surface area contributed by atoms with E-state index in [9.17, 15) is 8.42 Å². The number of aliphatic imine (C=N–C) groups is 1. The molecular weight excluding hydrogens is 346 g/mol. The predicted molar refractivity (Wildman–Crippen MR) is 108 cm³/mol. The Morgan fingerprint density at radius 3 is 2.31 bits per heavy atom. The number of benzene rings is 2. The van der Waals surface area contributed by atoms with Crippen molar-refractivity contribution in [2.75, 3.05) is 23.7 Å². The van der Waals surface area contributed by atoms with Gasteiger partial charge < -0.3 is 4.90 Å². The van der Waals surface area contributed by atoms with Gasteiger partial charge in [0.15, 0.2) is 0 Å². The summed E-state index contributed by atoms with van der Waals surface area (Å²) in [6.45, 7) is 3.98. The summed E-state index contributed by atoms with van der Waals surface area (Å²) in [5, 5.41) is 0. The van der Waals surface area contributed by atoms with Crippen molar-refractivity contribution in [3.63, 3.8) is 0 Å². The second-order valence-electron chi connectivity index (χ2n) is 6.67. The highest BCUT2D eigenvalue weighted by atomic mass is 32.2. The first-order chi connectivity index (χ1) is 12.3. The van der Waals surface area contributed by atoms with Gasteiger partial charge in [0.25, 0.3) is 10.0 Å². The van der Waals surface area contributed by atoms with Crippen molar-refractivity contribution in [2.45, 2.75) is 25.2 Å². The summed E-state index contributed by atoms with van der Waals surface area (Å²) in [4.78, 5) is 6.65. The molecule has 0 bridgehead atoms. The molecule has 26 heavy (non-hydrogen) atoms. The second-order valence-corrected chi connectivity index (χ2v) is 8.35. The number of nitrogens with zero attached hydrogens (tertiary/aromatic N) is 2. The number of sulfonamides is 1. The maximum absolute atomic E-state index is 12.7. The molecule has 5 nitrogen and oxygen atoms in total. The van der Waals surface area contributed by atoms with Crippen molar-refractivity contribution in [3.05, 3.63) is 59.7 Å². The van der Waals surface area contributed by atoms with Crippen LogP contribution in [0, 0.1) is 6.92 Å². The number of allylic oxidation sites excluding steroid dienone is 1. The lowest BCUT2D eigenvalue weighted by molar-refractivity contribution is 0.601. The largest absolute Gasteiger partial charge is 0.377 e. The number of hydrogen-bond acceptors (Lipinski definition) is 4. The maximum Gasteiger partial charge on any atom is 0.261 e. The molecule has 0 unspecified atom stereocenters. The third-order valence-corrected chi connectivity index (χ3v) is 5.70. The van der Waals surface area contributed by atoms with Gasteiger partial charge in [-0.2, -0.15) is 0 Å². The summed E-state index contributed by atoms with van der Waals surface area (Å²) in [7, 11) is 0.220. The molecule has 1 aliphatic heterocycles. The summed E-state index contributed by atoms with van der Waals surface area (Å²) in [6.07, 6.45) is 2.89. The first-order valence-electron chi connectivity index (χ1n) is 8.42. The van der Waals surface area contributed by atoms with Crippen LogP contribution in [-0.4, -0.2) is 28.2 Å². The Bertz CT molecular complexity index is 988. The Labute approximate surface area is 155 Å². The SMILES string of the molecule is CC1=NC(c2ccc(S(=O)(=O)Nc3ccc(C)c(N(C)C)c3)cc2)=CC1. The normalized spacial score (nSPS) is 14.0. The van der Waals surface area contributed by atoms with Crippen LogP contribution in [0.25, 0.3) is 5.70 Å². The van der Waals surface area contributed by atoms with E-state index in [1.54, 1.807) is 30.3 Å². The summed E-state index contributed by atoms with van der Waals surface area (Å²) in [6, 6.07) is 12.3. The van der Waals surface area contributed by atoms with E-state index < -0.39 is 10.0 Å². The van der Waals surface area contributed by atoms with E-state index in [1.165, 1.54) is 0 Å². The topological polar surface area (TPSA) is 61.8 Å². The van der Waals surface area contributed by atoms with Gasteiger partial charge in [-0.05, 0) is 49.2 Å². The summed E-state index contributed by atoms with van der Waals surface area (Å²) in [5.41, 5.74) is 5.49. The third kappa shape index (κ3) is 3.80. The molecule has 2 aromatic rings. The van der Waals surface area contributed by atoms with Gasteiger partial charge in [0.05, 0.1) is 16.3 Å². The van der Waals surface area contributed by atoms with E-state index in [1.807, 2.05) is 51.1 Å². The van der Waals surface area contributed by atoms with Crippen molar-refractivity contribution >= 4 is 32.8 Å². The van der Waals surface area contributed by atoms with Gasteiger partial charge in [-0.15, -0.1) is 0 Å². The van der Waals surface area contributed by atoms with Crippen LogP contribution in [0.5, 0.6) is 0 Å². The second kappa shape index (κ2) is 6.96. The Morgan fingerprint density at radius 1 is 1.04 bits per heavy atom. The minimum Gasteiger partial charge on any atom is -0.377 e. The molecule has 0 spiro atoms. The standard InChI is InChI=1S/C20H23N3O2S/c1-14-5-9-17(13-20(14)23(3)4)22-26(24,25)18-10-7-16(8-11-18)19-12-6-15(2)21-19/h5,7-13,22H,6H2,1-4H3. The molecule has 1 N–H and O–H groups in total. The fourth-order valence-electron chi connectivity index (χ4n) is 2.90. The zero-order valence-corrected chi connectivity index (χ0v) is 16.3. The number of aryl methyl sites for hydroxylation is 1. The van der Waals surface area contributed by atoms with Crippen molar-refractivity contribution in [1.82, 2.24) is 0 Å². The highest BCUT2D eigenvalue weighted by molar-refractivity contribution is 7.92. The maximum atomic E-state index is 12.7. The van der Waals surface area contributed by atoms with Crippen LogP contribution in [0.1, 0.15) is 24.5 Å². The molecule has 2 aromatic carbocycles. The van der Waals surface area contributed by atoms with Gasteiger partial charge in [0, 0.05) is 31.9 Å². The molecule has 3 rings (SSSR count). The van der Waals surface area contributed by atoms with Gasteiger partial charge >= 0.3 is 0 Å². The Morgan fingerprint density at radius 2 is 1.73 bits per heavy atom. The van der Waals surface area contributed by atoms with Crippen LogP contribution >= 0.6 is 0 Å². The third-order valence-electron chi connectivity index (χ3n) is 4.31. The molecular formula is C20H23N3O2S. The smallest absolute Gasteiger partial charge is 0.261 e. The summed E-state index contributed by atoms with van der Waals surface area (Å²) in [5.74, 6) is 0. The zero-order chi connectivity index (χ0) is 18.9. The molecule has 136 valence electrons.